The lowest BCUT2D eigenvalue weighted by atomic mass is 10.2. The third-order valence-electron chi connectivity index (χ3n) is 2.89. The van der Waals surface area contributed by atoms with Crippen molar-refractivity contribution < 1.29 is 9.66 Å². The molecule has 0 atom stereocenters. The maximum Gasteiger partial charge on any atom is 0.270 e. The van der Waals surface area contributed by atoms with E-state index in [4.69, 9.17) is 4.74 Å². The van der Waals surface area contributed by atoms with Crippen molar-refractivity contribution in [2.75, 3.05) is 6.61 Å². The highest BCUT2D eigenvalue weighted by Crippen LogP contribution is 2.26. The first-order valence-corrected chi connectivity index (χ1v) is 5.10. The minimum Gasteiger partial charge on any atom is -0.373 e. The van der Waals surface area contributed by atoms with E-state index in [0.717, 1.165) is 23.1 Å². The Morgan fingerprint density at radius 2 is 2.25 bits per heavy atom. The first-order chi connectivity index (χ1) is 7.75. The summed E-state index contributed by atoms with van der Waals surface area (Å²) in [6, 6.07) is 6.93. The Hall–Kier alpha value is -1.88. The van der Waals surface area contributed by atoms with Crippen LogP contribution in [-0.2, 0) is 17.9 Å². The SMILES string of the molecule is O=[N+]([O-])c1ccc2c(c1)cc1n2CCOC1. The third kappa shape index (κ3) is 1.29. The van der Waals surface area contributed by atoms with Crippen molar-refractivity contribution in [2.45, 2.75) is 13.2 Å². The summed E-state index contributed by atoms with van der Waals surface area (Å²) in [6.45, 7) is 2.10. The number of aromatic nitrogens is 1. The molecule has 0 N–H and O–H groups in total. The minimum atomic E-state index is -0.368. The average molecular weight is 218 g/mol. The first kappa shape index (κ1) is 9.35. The molecule has 0 unspecified atom stereocenters. The predicted octanol–water partition coefficient (Wildman–Crippen LogP) is 2.08. The molecule has 5 heteroatoms. The second-order valence-corrected chi connectivity index (χ2v) is 3.84. The maximum absolute atomic E-state index is 10.7. The second-order valence-electron chi connectivity index (χ2n) is 3.84. The maximum atomic E-state index is 10.7. The summed E-state index contributed by atoms with van der Waals surface area (Å²) in [6.07, 6.45) is 0. The molecule has 3 rings (SSSR count). The summed E-state index contributed by atoms with van der Waals surface area (Å²) < 4.78 is 7.50. The third-order valence-corrected chi connectivity index (χ3v) is 2.89. The van der Waals surface area contributed by atoms with Crippen LogP contribution in [0.5, 0.6) is 0 Å². The largest absolute Gasteiger partial charge is 0.373 e. The van der Waals surface area contributed by atoms with E-state index in [1.54, 1.807) is 12.1 Å². The Morgan fingerprint density at radius 3 is 3.06 bits per heavy atom. The normalized spacial score (nSPS) is 15.0. The van der Waals surface area contributed by atoms with Gasteiger partial charge in [-0.05, 0) is 12.1 Å². The number of nitro benzene ring substituents is 1. The summed E-state index contributed by atoms with van der Waals surface area (Å²) in [5.74, 6) is 0. The Bertz CT molecular complexity index is 574. The van der Waals surface area contributed by atoms with Gasteiger partial charge in [-0.2, -0.15) is 0 Å². The van der Waals surface area contributed by atoms with Crippen LogP contribution >= 0.6 is 0 Å². The van der Waals surface area contributed by atoms with E-state index < -0.39 is 0 Å². The fourth-order valence-corrected chi connectivity index (χ4v) is 2.15. The minimum absolute atomic E-state index is 0.136. The summed E-state index contributed by atoms with van der Waals surface area (Å²) in [4.78, 5) is 10.3. The van der Waals surface area contributed by atoms with Crippen molar-refractivity contribution in [3.05, 3.63) is 40.1 Å². The smallest absolute Gasteiger partial charge is 0.270 e. The number of non-ortho nitro benzene ring substituents is 1. The average Bonchev–Trinajstić information content (AvgIpc) is 2.66. The van der Waals surface area contributed by atoms with Gasteiger partial charge in [0.25, 0.3) is 5.69 Å². The fourth-order valence-electron chi connectivity index (χ4n) is 2.15. The second kappa shape index (κ2) is 3.31. The molecule has 1 aromatic carbocycles. The molecule has 1 aliphatic rings. The van der Waals surface area contributed by atoms with Crippen molar-refractivity contribution in [3.8, 4) is 0 Å². The van der Waals surface area contributed by atoms with Crippen molar-refractivity contribution >= 4 is 16.6 Å². The highest BCUT2D eigenvalue weighted by atomic mass is 16.6. The standard InChI is InChI=1S/C11H10N2O3/c14-13(15)9-1-2-11-8(5-9)6-10-7-16-4-3-12(10)11/h1-2,5-6H,3-4,7H2. The Kier molecular flexibility index (Phi) is 1.94. The van der Waals surface area contributed by atoms with Gasteiger partial charge in [0.05, 0.1) is 18.1 Å². The van der Waals surface area contributed by atoms with Crippen LogP contribution in [-0.4, -0.2) is 16.1 Å². The number of hydrogen-bond acceptors (Lipinski definition) is 3. The molecule has 0 fully saturated rings. The van der Waals surface area contributed by atoms with E-state index in [1.165, 1.54) is 0 Å². The van der Waals surface area contributed by atoms with Crippen LogP contribution in [0.25, 0.3) is 10.9 Å². The number of ether oxygens (including phenoxy) is 1. The highest BCUT2D eigenvalue weighted by Gasteiger charge is 2.15. The van der Waals surface area contributed by atoms with Crippen molar-refractivity contribution in [2.24, 2.45) is 0 Å². The van der Waals surface area contributed by atoms with Gasteiger partial charge in [-0.25, -0.2) is 0 Å². The molecule has 82 valence electrons. The van der Waals surface area contributed by atoms with Crippen LogP contribution in [0, 0.1) is 10.1 Å². The zero-order valence-electron chi connectivity index (χ0n) is 8.55. The first-order valence-electron chi connectivity index (χ1n) is 5.10. The number of fused-ring (bicyclic) bond motifs is 3. The monoisotopic (exact) mass is 218 g/mol. The molecule has 0 saturated heterocycles. The van der Waals surface area contributed by atoms with Gasteiger partial charge < -0.3 is 9.30 Å². The van der Waals surface area contributed by atoms with Gasteiger partial charge in [-0.15, -0.1) is 0 Å². The van der Waals surface area contributed by atoms with Crippen LogP contribution in [0.2, 0.25) is 0 Å². The number of nitrogens with zero attached hydrogens (tertiary/aromatic N) is 2. The van der Waals surface area contributed by atoms with Crippen LogP contribution in [0.15, 0.2) is 24.3 Å². The lowest BCUT2D eigenvalue weighted by Gasteiger charge is -2.16. The molecule has 2 heterocycles. The molecule has 2 aromatic rings. The zero-order chi connectivity index (χ0) is 11.1. The molecular weight excluding hydrogens is 208 g/mol. The van der Waals surface area contributed by atoms with Gasteiger partial charge >= 0.3 is 0 Å². The summed E-state index contributed by atoms with van der Waals surface area (Å²) in [5, 5.41) is 11.6. The quantitative estimate of drug-likeness (QED) is 0.544. The van der Waals surface area contributed by atoms with Gasteiger partial charge in [0.2, 0.25) is 0 Å². The fraction of sp³-hybridized carbons (Fsp3) is 0.273. The Labute approximate surface area is 91.4 Å². The van der Waals surface area contributed by atoms with Gasteiger partial charge in [-0.3, -0.25) is 10.1 Å². The van der Waals surface area contributed by atoms with Crippen LogP contribution in [0.3, 0.4) is 0 Å². The van der Waals surface area contributed by atoms with Crippen molar-refractivity contribution in [3.63, 3.8) is 0 Å². The van der Waals surface area contributed by atoms with E-state index in [0.29, 0.717) is 13.2 Å². The molecule has 0 amide bonds. The lowest BCUT2D eigenvalue weighted by Crippen LogP contribution is -2.15. The van der Waals surface area contributed by atoms with Crippen molar-refractivity contribution in [1.82, 2.24) is 4.57 Å². The van der Waals surface area contributed by atoms with Gasteiger partial charge in [0, 0.05) is 35.3 Å². The van der Waals surface area contributed by atoms with E-state index >= 15 is 0 Å². The molecular formula is C11H10N2O3. The number of rotatable bonds is 1. The van der Waals surface area contributed by atoms with Crippen LogP contribution in [0.4, 0.5) is 5.69 Å². The molecule has 0 bridgehead atoms. The summed E-state index contributed by atoms with van der Waals surface area (Å²) >= 11 is 0. The predicted molar refractivity (Wildman–Crippen MR) is 58.2 cm³/mol. The topological polar surface area (TPSA) is 57.3 Å². The molecule has 1 aromatic heterocycles. The molecule has 16 heavy (non-hydrogen) atoms. The lowest BCUT2D eigenvalue weighted by molar-refractivity contribution is -0.384. The number of nitro groups is 1. The zero-order valence-corrected chi connectivity index (χ0v) is 8.55. The molecule has 0 aliphatic carbocycles. The van der Waals surface area contributed by atoms with Crippen LogP contribution < -0.4 is 0 Å². The Balaban J connectivity index is 2.22. The van der Waals surface area contributed by atoms with Crippen molar-refractivity contribution in [1.29, 1.82) is 0 Å². The molecule has 0 saturated carbocycles. The number of hydrogen-bond donors (Lipinski definition) is 0. The van der Waals surface area contributed by atoms with Gasteiger partial charge in [0.1, 0.15) is 0 Å². The molecule has 1 aliphatic heterocycles. The molecule has 5 nitrogen and oxygen atoms in total. The molecule has 0 spiro atoms. The van der Waals surface area contributed by atoms with E-state index in [1.807, 2.05) is 12.1 Å². The Morgan fingerprint density at radius 1 is 1.38 bits per heavy atom. The number of benzene rings is 1. The van der Waals surface area contributed by atoms with Crippen LogP contribution in [0.1, 0.15) is 5.69 Å². The van der Waals surface area contributed by atoms with Gasteiger partial charge in [-0.1, -0.05) is 0 Å². The summed E-state index contributed by atoms with van der Waals surface area (Å²) in [5.41, 5.74) is 2.27. The highest BCUT2D eigenvalue weighted by molar-refractivity contribution is 5.83. The van der Waals surface area contributed by atoms with E-state index in [-0.39, 0.29) is 10.6 Å². The molecule has 0 radical (unpaired) electrons. The summed E-state index contributed by atoms with van der Waals surface area (Å²) in [7, 11) is 0. The van der Waals surface area contributed by atoms with E-state index in [9.17, 15) is 10.1 Å². The van der Waals surface area contributed by atoms with Gasteiger partial charge in [0.15, 0.2) is 0 Å². The van der Waals surface area contributed by atoms with E-state index in [2.05, 4.69) is 4.57 Å².